The lowest BCUT2D eigenvalue weighted by molar-refractivity contribution is 0.414. The molecule has 0 bridgehead atoms. The molecule has 0 aliphatic rings. The summed E-state index contributed by atoms with van der Waals surface area (Å²) in [6.07, 6.45) is 1.77. The molecule has 0 aliphatic heterocycles. The molecule has 0 fully saturated rings. The molecule has 0 atom stereocenters. The zero-order valence-corrected chi connectivity index (χ0v) is 10.5. The van der Waals surface area contributed by atoms with Crippen molar-refractivity contribution in [3.8, 4) is 11.6 Å². The molecular formula is C12H15BN2O3. The number of rotatable bonds is 5. The molecule has 94 valence electrons. The monoisotopic (exact) mass is 246 g/mol. The fraction of sp³-hybridized carbons (Fsp3) is 0.250. The predicted octanol–water partition coefficient (Wildman–Crippen LogP) is 0.886. The van der Waals surface area contributed by atoms with E-state index in [-0.39, 0.29) is 7.69 Å². The number of hydrogen-bond acceptors (Lipinski definition) is 4. The molecule has 0 spiro atoms. The molecular weight excluding hydrogens is 231 g/mol. The Kier molecular flexibility index (Phi) is 3.89. The van der Waals surface area contributed by atoms with Gasteiger partial charge in [-0.25, -0.2) is 4.98 Å². The lowest BCUT2D eigenvalue weighted by Crippen LogP contribution is -2.01. The van der Waals surface area contributed by atoms with Gasteiger partial charge in [0.1, 0.15) is 11.6 Å². The molecule has 5 nitrogen and oxygen atoms in total. The second-order valence-corrected chi connectivity index (χ2v) is 3.88. The first-order valence-electron chi connectivity index (χ1n) is 5.63. The summed E-state index contributed by atoms with van der Waals surface area (Å²) in [5, 5.41) is 8.68. The van der Waals surface area contributed by atoms with Crippen LogP contribution in [0.4, 0.5) is 0 Å². The van der Waals surface area contributed by atoms with Gasteiger partial charge in [0.2, 0.25) is 5.88 Å². The van der Waals surface area contributed by atoms with Gasteiger partial charge in [0.15, 0.2) is 0 Å². The Morgan fingerprint density at radius 2 is 2.06 bits per heavy atom. The van der Waals surface area contributed by atoms with Crippen LogP contribution in [0, 0.1) is 6.92 Å². The molecule has 0 radical (unpaired) electrons. The van der Waals surface area contributed by atoms with Crippen LogP contribution in [0.2, 0.25) is 0 Å². The summed E-state index contributed by atoms with van der Waals surface area (Å²) in [6.45, 7) is 2.60. The number of nitrogens with zero attached hydrogens (tertiary/aromatic N) is 2. The third kappa shape index (κ3) is 2.84. The van der Waals surface area contributed by atoms with Crippen LogP contribution in [0.25, 0.3) is 0 Å². The van der Waals surface area contributed by atoms with E-state index in [1.165, 1.54) is 0 Å². The van der Waals surface area contributed by atoms with Crippen LogP contribution in [-0.2, 0) is 6.54 Å². The summed E-state index contributed by atoms with van der Waals surface area (Å²) in [5.74, 6) is 2.11. The van der Waals surface area contributed by atoms with Crippen molar-refractivity contribution >= 4 is 7.69 Å². The molecule has 1 aromatic heterocycles. The Morgan fingerprint density at radius 3 is 2.67 bits per heavy atom. The van der Waals surface area contributed by atoms with E-state index >= 15 is 0 Å². The minimum Gasteiger partial charge on any atom is -0.524 e. The van der Waals surface area contributed by atoms with Crippen molar-refractivity contribution in [2.24, 2.45) is 0 Å². The first-order chi connectivity index (χ1) is 8.72. The van der Waals surface area contributed by atoms with Gasteiger partial charge in [0, 0.05) is 6.54 Å². The van der Waals surface area contributed by atoms with Crippen LogP contribution in [-0.4, -0.2) is 29.4 Å². The maximum atomic E-state index is 8.68. The zero-order valence-electron chi connectivity index (χ0n) is 10.5. The molecule has 2 aromatic rings. The lowest BCUT2D eigenvalue weighted by Gasteiger charge is -2.05. The molecule has 0 unspecified atom stereocenters. The third-order valence-corrected chi connectivity index (χ3v) is 2.68. The Hall–Kier alpha value is -1.95. The summed E-state index contributed by atoms with van der Waals surface area (Å²) in [7, 11) is 1.28. The molecule has 2 rings (SSSR count). The smallest absolute Gasteiger partial charge is 0.505 e. The number of benzene rings is 1. The van der Waals surface area contributed by atoms with E-state index in [1.54, 1.807) is 13.3 Å². The molecule has 0 amide bonds. The summed E-state index contributed by atoms with van der Waals surface area (Å²) in [6, 6.07) is 7.86. The number of ether oxygens (including phenoxy) is 1. The van der Waals surface area contributed by atoms with E-state index in [0.717, 1.165) is 17.1 Å². The van der Waals surface area contributed by atoms with E-state index in [9.17, 15) is 0 Å². The summed E-state index contributed by atoms with van der Waals surface area (Å²) >= 11 is 0. The second-order valence-electron chi connectivity index (χ2n) is 3.88. The highest BCUT2D eigenvalue weighted by Crippen LogP contribution is 2.15. The molecule has 0 saturated carbocycles. The van der Waals surface area contributed by atoms with Gasteiger partial charge in [-0.2, -0.15) is 0 Å². The van der Waals surface area contributed by atoms with Crippen LogP contribution in [0.1, 0.15) is 11.4 Å². The van der Waals surface area contributed by atoms with Crippen LogP contribution in [0.3, 0.4) is 0 Å². The molecule has 6 heteroatoms. The predicted molar refractivity (Wildman–Crippen MR) is 69.1 cm³/mol. The summed E-state index contributed by atoms with van der Waals surface area (Å²) in [4.78, 5) is 4.19. The van der Waals surface area contributed by atoms with Crippen molar-refractivity contribution in [3.63, 3.8) is 0 Å². The fourth-order valence-electron chi connectivity index (χ4n) is 1.70. The average Bonchev–Trinajstić information content (AvgIpc) is 2.71. The molecule has 1 N–H and O–H groups in total. The minimum atomic E-state index is -0.362. The van der Waals surface area contributed by atoms with Crippen LogP contribution in [0.15, 0.2) is 30.5 Å². The van der Waals surface area contributed by atoms with E-state index in [1.807, 2.05) is 35.8 Å². The quantitative estimate of drug-likeness (QED) is 0.796. The van der Waals surface area contributed by atoms with Gasteiger partial charge in [-0.15, -0.1) is 0 Å². The summed E-state index contributed by atoms with van der Waals surface area (Å²) in [5.41, 5.74) is 1.15. The SMILES string of the molecule is COc1ccc(Cn2cc(OBO)nc2C)cc1. The maximum absolute atomic E-state index is 8.68. The van der Waals surface area contributed by atoms with Crippen LogP contribution in [0.5, 0.6) is 11.6 Å². The fourth-order valence-corrected chi connectivity index (χ4v) is 1.70. The van der Waals surface area contributed by atoms with Crippen molar-refractivity contribution in [2.75, 3.05) is 7.11 Å². The number of hydrogen-bond donors (Lipinski definition) is 1. The van der Waals surface area contributed by atoms with Gasteiger partial charge >= 0.3 is 7.69 Å². The van der Waals surface area contributed by atoms with Gasteiger partial charge in [-0.05, 0) is 24.6 Å². The lowest BCUT2D eigenvalue weighted by atomic mass is 10.2. The zero-order chi connectivity index (χ0) is 13.0. The molecule has 1 aromatic carbocycles. The maximum Gasteiger partial charge on any atom is 0.505 e. The molecule has 0 saturated heterocycles. The second kappa shape index (κ2) is 5.60. The van der Waals surface area contributed by atoms with Gasteiger partial charge in [-0.1, -0.05) is 12.1 Å². The van der Waals surface area contributed by atoms with Crippen molar-refractivity contribution in [1.82, 2.24) is 9.55 Å². The van der Waals surface area contributed by atoms with E-state index in [0.29, 0.717) is 12.4 Å². The standard InChI is InChI=1S/C12H15BN2O3/c1-9-14-12(18-13-16)8-15(9)7-10-3-5-11(17-2)6-4-10/h3-6,8,13,16H,7H2,1-2H3. The van der Waals surface area contributed by atoms with Gasteiger partial charge < -0.3 is 19.0 Å². The summed E-state index contributed by atoms with van der Waals surface area (Å²) < 4.78 is 12.0. The van der Waals surface area contributed by atoms with Crippen LogP contribution >= 0.6 is 0 Å². The van der Waals surface area contributed by atoms with Crippen molar-refractivity contribution in [2.45, 2.75) is 13.5 Å². The largest absolute Gasteiger partial charge is 0.524 e. The number of aromatic nitrogens is 2. The highest BCUT2D eigenvalue weighted by Gasteiger charge is 2.05. The topological polar surface area (TPSA) is 56.5 Å². The van der Waals surface area contributed by atoms with Crippen molar-refractivity contribution in [3.05, 3.63) is 41.9 Å². The Balaban J connectivity index is 2.12. The van der Waals surface area contributed by atoms with Crippen molar-refractivity contribution < 1.29 is 14.4 Å². The van der Waals surface area contributed by atoms with E-state index in [2.05, 4.69) is 4.98 Å². The molecule has 0 aliphatic carbocycles. The van der Waals surface area contributed by atoms with E-state index in [4.69, 9.17) is 14.4 Å². The average molecular weight is 246 g/mol. The number of methoxy groups -OCH3 is 1. The number of aryl methyl sites for hydroxylation is 1. The Bertz CT molecular complexity index is 511. The Morgan fingerprint density at radius 1 is 1.33 bits per heavy atom. The van der Waals surface area contributed by atoms with Crippen LogP contribution < -0.4 is 9.39 Å². The normalized spacial score (nSPS) is 10.2. The van der Waals surface area contributed by atoms with Gasteiger partial charge in [0.25, 0.3) is 0 Å². The van der Waals surface area contributed by atoms with Gasteiger partial charge in [-0.3, -0.25) is 0 Å². The molecule has 18 heavy (non-hydrogen) atoms. The van der Waals surface area contributed by atoms with Gasteiger partial charge in [0.05, 0.1) is 13.3 Å². The highest BCUT2D eigenvalue weighted by molar-refractivity contribution is 6.17. The van der Waals surface area contributed by atoms with Crippen molar-refractivity contribution in [1.29, 1.82) is 0 Å². The Labute approximate surface area is 106 Å². The third-order valence-electron chi connectivity index (χ3n) is 2.68. The molecule has 1 heterocycles. The first-order valence-corrected chi connectivity index (χ1v) is 5.63. The first kappa shape index (κ1) is 12.5. The van der Waals surface area contributed by atoms with E-state index < -0.39 is 0 Å². The minimum absolute atomic E-state index is 0.362. The highest BCUT2D eigenvalue weighted by atomic mass is 16.5. The number of imidazole rings is 1.